The maximum Gasteiger partial charge on any atom is 0.119 e. The Morgan fingerprint density at radius 1 is 1.18 bits per heavy atom. The van der Waals surface area contributed by atoms with Crippen molar-refractivity contribution in [1.29, 1.82) is 0 Å². The smallest absolute Gasteiger partial charge is 0.119 e. The Morgan fingerprint density at radius 2 is 1.91 bits per heavy atom. The van der Waals surface area contributed by atoms with Crippen LogP contribution in [0.1, 0.15) is 24.9 Å². The minimum Gasteiger partial charge on any atom is -0.497 e. The highest BCUT2D eigenvalue weighted by Crippen LogP contribution is 2.24. The van der Waals surface area contributed by atoms with Gasteiger partial charge in [0.1, 0.15) is 5.75 Å². The van der Waals surface area contributed by atoms with Crippen molar-refractivity contribution in [1.82, 2.24) is 5.32 Å². The molecule has 0 saturated carbocycles. The highest BCUT2D eigenvalue weighted by Gasteiger charge is 2.13. The third-order valence-electron chi connectivity index (χ3n) is 3.90. The normalized spacial score (nSPS) is 14.0. The molecular formula is C18H25NO2S. The van der Waals surface area contributed by atoms with Crippen LogP contribution in [0.3, 0.4) is 0 Å². The molecule has 0 fully saturated rings. The molecule has 0 bridgehead atoms. The standard InChI is InChI=1S/C18H25NO2S/c1-13(19-17(8-9-20)12-22-3)14-4-5-16-11-18(21-2)7-6-15(16)10-14/h4-7,10-11,13,17,19-20H,8-9,12H2,1-3H3. The average Bonchev–Trinajstić information content (AvgIpc) is 2.54. The van der Waals surface area contributed by atoms with E-state index in [0.717, 1.165) is 17.9 Å². The first-order chi connectivity index (χ1) is 10.7. The number of fused-ring (bicyclic) bond motifs is 1. The van der Waals surface area contributed by atoms with Crippen LogP contribution in [0.25, 0.3) is 10.8 Å². The number of rotatable bonds is 8. The van der Waals surface area contributed by atoms with Crippen LogP contribution in [0.2, 0.25) is 0 Å². The quantitative estimate of drug-likeness (QED) is 0.780. The van der Waals surface area contributed by atoms with Crippen LogP contribution in [-0.4, -0.2) is 36.9 Å². The van der Waals surface area contributed by atoms with Gasteiger partial charge in [-0.2, -0.15) is 11.8 Å². The van der Waals surface area contributed by atoms with Gasteiger partial charge in [-0.05, 0) is 54.1 Å². The number of aliphatic hydroxyl groups excluding tert-OH is 1. The van der Waals surface area contributed by atoms with Crippen LogP contribution in [0.15, 0.2) is 36.4 Å². The Bertz CT molecular complexity index is 597. The maximum atomic E-state index is 9.18. The van der Waals surface area contributed by atoms with Gasteiger partial charge in [0.05, 0.1) is 7.11 Å². The maximum absolute atomic E-state index is 9.18. The number of benzene rings is 2. The van der Waals surface area contributed by atoms with Crippen LogP contribution < -0.4 is 10.1 Å². The van der Waals surface area contributed by atoms with Crippen LogP contribution >= 0.6 is 11.8 Å². The van der Waals surface area contributed by atoms with Crippen molar-refractivity contribution in [2.45, 2.75) is 25.4 Å². The van der Waals surface area contributed by atoms with Crippen molar-refractivity contribution >= 4 is 22.5 Å². The van der Waals surface area contributed by atoms with Gasteiger partial charge in [-0.1, -0.05) is 18.2 Å². The molecule has 2 aromatic rings. The predicted octanol–water partition coefficient (Wildman–Crippen LogP) is 3.61. The van der Waals surface area contributed by atoms with Crippen LogP contribution in [0.5, 0.6) is 5.75 Å². The second-order valence-electron chi connectivity index (χ2n) is 5.53. The third kappa shape index (κ3) is 4.38. The van der Waals surface area contributed by atoms with E-state index in [0.29, 0.717) is 6.04 Å². The molecule has 2 N–H and O–H groups in total. The van der Waals surface area contributed by atoms with Crippen molar-refractivity contribution in [2.24, 2.45) is 0 Å². The summed E-state index contributed by atoms with van der Waals surface area (Å²) in [6.45, 7) is 2.40. The summed E-state index contributed by atoms with van der Waals surface area (Å²) in [6.07, 6.45) is 2.89. The van der Waals surface area contributed by atoms with Gasteiger partial charge in [-0.3, -0.25) is 0 Å². The van der Waals surface area contributed by atoms with Crippen molar-refractivity contribution in [3.05, 3.63) is 42.0 Å². The molecular weight excluding hydrogens is 294 g/mol. The van der Waals surface area contributed by atoms with Gasteiger partial charge < -0.3 is 15.2 Å². The molecule has 4 heteroatoms. The Kier molecular flexibility index (Phi) is 6.55. The second-order valence-corrected chi connectivity index (χ2v) is 6.44. The molecule has 2 aromatic carbocycles. The van der Waals surface area contributed by atoms with E-state index in [1.807, 2.05) is 6.07 Å². The molecule has 0 aliphatic heterocycles. The fourth-order valence-electron chi connectivity index (χ4n) is 2.66. The molecule has 0 amide bonds. The van der Waals surface area contributed by atoms with Gasteiger partial charge in [0.15, 0.2) is 0 Å². The van der Waals surface area contributed by atoms with Gasteiger partial charge in [-0.25, -0.2) is 0 Å². The summed E-state index contributed by atoms with van der Waals surface area (Å²) in [5.41, 5.74) is 1.27. The summed E-state index contributed by atoms with van der Waals surface area (Å²) in [6, 6.07) is 13.3. The molecule has 0 heterocycles. The van der Waals surface area contributed by atoms with E-state index in [1.54, 1.807) is 18.9 Å². The number of thioether (sulfide) groups is 1. The van der Waals surface area contributed by atoms with E-state index >= 15 is 0 Å². The lowest BCUT2D eigenvalue weighted by atomic mass is 10.0. The van der Waals surface area contributed by atoms with Crippen LogP contribution in [-0.2, 0) is 0 Å². The summed E-state index contributed by atoms with van der Waals surface area (Å²) in [5.74, 6) is 1.89. The minimum absolute atomic E-state index is 0.225. The van der Waals surface area contributed by atoms with Gasteiger partial charge in [0.25, 0.3) is 0 Å². The lowest BCUT2D eigenvalue weighted by molar-refractivity contribution is 0.265. The van der Waals surface area contributed by atoms with E-state index in [2.05, 4.69) is 48.8 Å². The summed E-state index contributed by atoms with van der Waals surface area (Å²) in [4.78, 5) is 0. The van der Waals surface area contributed by atoms with Gasteiger partial charge in [0.2, 0.25) is 0 Å². The highest BCUT2D eigenvalue weighted by atomic mass is 32.2. The zero-order valence-corrected chi connectivity index (χ0v) is 14.3. The van der Waals surface area contributed by atoms with E-state index in [1.165, 1.54) is 16.3 Å². The van der Waals surface area contributed by atoms with Crippen molar-refractivity contribution in [2.75, 3.05) is 25.7 Å². The molecule has 22 heavy (non-hydrogen) atoms. The molecule has 0 aliphatic carbocycles. The van der Waals surface area contributed by atoms with E-state index in [9.17, 15) is 5.11 Å². The third-order valence-corrected chi connectivity index (χ3v) is 4.64. The number of methoxy groups -OCH3 is 1. The Labute approximate surface area is 137 Å². The zero-order chi connectivity index (χ0) is 15.9. The summed E-state index contributed by atoms with van der Waals surface area (Å²) < 4.78 is 5.27. The second kappa shape index (κ2) is 8.42. The fraction of sp³-hybridized carbons (Fsp3) is 0.444. The molecule has 0 saturated heterocycles. The van der Waals surface area contributed by atoms with Gasteiger partial charge in [0, 0.05) is 24.4 Å². The predicted molar refractivity (Wildman–Crippen MR) is 95.9 cm³/mol. The first kappa shape index (κ1) is 17.1. The van der Waals surface area contributed by atoms with Crippen molar-refractivity contribution in [3.63, 3.8) is 0 Å². The Balaban J connectivity index is 2.15. The van der Waals surface area contributed by atoms with Crippen molar-refractivity contribution < 1.29 is 9.84 Å². The molecule has 0 spiro atoms. The minimum atomic E-state index is 0.225. The van der Waals surface area contributed by atoms with Crippen LogP contribution in [0.4, 0.5) is 0 Å². The number of ether oxygens (including phenoxy) is 1. The Morgan fingerprint density at radius 3 is 2.59 bits per heavy atom. The average molecular weight is 319 g/mol. The molecule has 2 rings (SSSR count). The van der Waals surface area contributed by atoms with E-state index in [-0.39, 0.29) is 12.6 Å². The number of aliphatic hydroxyl groups is 1. The highest BCUT2D eigenvalue weighted by molar-refractivity contribution is 7.98. The first-order valence-corrected chi connectivity index (χ1v) is 9.01. The molecule has 3 nitrogen and oxygen atoms in total. The van der Waals surface area contributed by atoms with Crippen molar-refractivity contribution in [3.8, 4) is 5.75 Å². The lowest BCUT2D eigenvalue weighted by Gasteiger charge is -2.23. The molecule has 120 valence electrons. The van der Waals surface area contributed by atoms with Gasteiger partial charge in [-0.15, -0.1) is 0 Å². The largest absolute Gasteiger partial charge is 0.497 e. The Hall–Kier alpha value is -1.23. The molecule has 2 atom stereocenters. The number of hydrogen-bond donors (Lipinski definition) is 2. The summed E-state index contributed by atoms with van der Waals surface area (Å²) in [7, 11) is 1.69. The summed E-state index contributed by atoms with van der Waals surface area (Å²) >= 11 is 1.81. The summed E-state index contributed by atoms with van der Waals surface area (Å²) in [5, 5.41) is 15.2. The SMILES string of the molecule is COc1ccc2cc(C(C)NC(CCO)CSC)ccc2c1. The topological polar surface area (TPSA) is 41.5 Å². The zero-order valence-electron chi connectivity index (χ0n) is 13.5. The van der Waals surface area contributed by atoms with E-state index in [4.69, 9.17) is 4.74 Å². The van der Waals surface area contributed by atoms with Crippen LogP contribution in [0, 0.1) is 0 Å². The first-order valence-electron chi connectivity index (χ1n) is 7.61. The molecule has 0 radical (unpaired) electrons. The molecule has 2 unspecified atom stereocenters. The van der Waals surface area contributed by atoms with E-state index < -0.39 is 0 Å². The fourth-order valence-corrected chi connectivity index (χ4v) is 3.33. The van der Waals surface area contributed by atoms with Gasteiger partial charge >= 0.3 is 0 Å². The molecule has 0 aromatic heterocycles. The molecule has 0 aliphatic rings. The monoisotopic (exact) mass is 319 g/mol. The lowest BCUT2D eigenvalue weighted by Crippen LogP contribution is -2.34. The number of nitrogens with one attached hydrogen (secondary N) is 1. The number of hydrogen-bond acceptors (Lipinski definition) is 4.